The van der Waals surface area contributed by atoms with Gasteiger partial charge in [0.05, 0.1) is 0 Å². The van der Waals surface area contributed by atoms with E-state index in [0.29, 0.717) is 12.0 Å². The Morgan fingerprint density at radius 2 is 2.00 bits per heavy atom. The molecule has 0 heterocycles. The van der Waals surface area contributed by atoms with Crippen molar-refractivity contribution >= 4 is 0 Å². The molecule has 0 aliphatic carbocycles. The quantitative estimate of drug-likeness (QED) is 0.424. The molecule has 0 rings (SSSR count). The van der Waals surface area contributed by atoms with Gasteiger partial charge in [-0.1, -0.05) is 20.3 Å². The summed E-state index contributed by atoms with van der Waals surface area (Å²) in [7, 11) is 0. The molecule has 0 saturated carbocycles. The Hall–Kier alpha value is -0.0800. The van der Waals surface area contributed by atoms with Crippen LogP contribution in [0, 0.1) is 5.92 Å². The molecule has 2 atom stereocenters. The summed E-state index contributed by atoms with van der Waals surface area (Å²) in [5, 5.41) is 0. The minimum absolute atomic E-state index is 0.444. The predicted molar refractivity (Wildman–Crippen MR) is 36.2 cm³/mol. The summed E-state index contributed by atoms with van der Waals surface area (Å²) < 4.78 is 0. The molecule has 0 amide bonds. The van der Waals surface area contributed by atoms with Gasteiger partial charge in [0.2, 0.25) is 0 Å². The minimum Gasteiger partial charge on any atom is -0.271 e. The van der Waals surface area contributed by atoms with Gasteiger partial charge in [-0.25, -0.2) is 0 Å². The second kappa shape index (κ2) is 3.87. The fraction of sp³-hybridized carbons (Fsp3) is 1.00. The maximum atomic E-state index is 5.20. The third-order valence-corrected chi connectivity index (χ3v) is 1.76. The highest BCUT2D eigenvalue weighted by molar-refractivity contribution is 4.62. The monoisotopic (exact) mass is 116 g/mol. The molecule has 0 aliphatic heterocycles. The first-order valence-electron chi connectivity index (χ1n) is 3.18. The summed E-state index contributed by atoms with van der Waals surface area (Å²) in [4.78, 5) is 0. The van der Waals surface area contributed by atoms with Crippen LogP contribution in [0.1, 0.15) is 27.2 Å². The second-order valence-electron chi connectivity index (χ2n) is 2.34. The summed E-state index contributed by atoms with van der Waals surface area (Å²) in [6, 6.07) is 0.444. The van der Waals surface area contributed by atoms with E-state index in [9.17, 15) is 0 Å². The van der Waals surface area contributed by atoms with Gasteiger partial charge in [-0.15, -0.1) is 0 Å². The molecule has 2 nitrogen and oxygen atoms in total. The smallest absolute Gasteiger partial charge is 0.0207 e. The largest absolute Gasteiger partial charge is 0.271 e. The molecule has 0 saturated heterocycles. The SMILES string of the molecule is CC[C@H](C)[C@@H](C)NN. The van der Waals surface area contributed by atoms with E-state index in [1.165, 1.54) is 6.42 Å². The van der Waals surface area contributed by atoms with Crippen molar-refractivity contribution in [3.8, 4) is 0 Å². The Morgan fingerprint density at radius 1 is 1.50 bits per heavy atom. The average Bonchev–Trinajstić information content (AvgIpc) is 1.84. The van der Waals surface area contributed by atoms with Gasteiger partial charge in [0.15, 0.2) is 0 Å². The van der Waals surface area contributed by atoms with Gasteiger partial charge < -0.3 is 0 Å². The van der Waals surface area contributed by atoms with Crippen LogP contribution in [0.4, 0.5) is 0 Å². The van der Waals surface area contributed by atoms with Gasteiger partial charge in [-0.3, -0.25) is 11.3 Å². The molecule has 0 aromatic heterocycles. The Bertz CT molecular complexity index is 46.5. The number of hydrazine groups is 1. The van der Waals surface area contributed by atoms with E-state index in [1.54, 1.807) is 0 Å². The van der Waals surface area contributed by atoms with Gasteiger partial charge >= 0.3 is 0 Å². The lowest BCUT2D eigenvalue weighted by atomic mass is 10.0. The van der Waals surface area contributed by atoms with Crippen molar-refractivity contribution in [1.29, 1.82) is 0 Å². The average molecular weight is 116 g/mol. The standard InChI is InChI=1S/C6H16N2/c1-4-5(2)6(3)8-7/h5-6,8H,4,7H2,1-3H3/t5-,6+/m0/s1. The van der Waals surface area contributed by atoms with Crippen LogP contribution in [0.5, 0.6) is 0 Å². The molecule has 3 N–H and O–H groups in total. The van der Waals surface area contributed by atoms with Crippen molar-refractivity contribution in [3.05, 3.63) is 0 Å². The zero-order chi connectivity index (χ0) is 6.57. The fourth-order valence-corrected chi connectivity index (χ4v) is 0.518. The lowest BCUT2D eigenvalue weighted by molar-refractivity contribution is 0.398. The summed E-state index contributed by atoms with van der Waals surface area (Å²) in [5.41, 5.74) is 2.72. The first-order chi connectivity index (χ1) is 3.72. The lowest BCUT2D eigenvalue weighted by Crippen LogP contribution is -2.37. The van der Waals surface area contributed by atoms with Crippen molar-refractivity contribution in [1.82, 2.24) is 5.43 Å². The number of hydrogen-bond acceptors (Lipinski definition) is 2. The van der Waals surface area contributed by atoms with E-state index in [4.69, 9.17) is 5.84 Å². The van der Waals surface area contributed by atoms with Crippen LogP contribution in [0.15, 0.2) is 0 Å². The maximum absolute atomic E-state index is 5.20. The highest BCUT2D eigenvalue weighted by Crippen LogP contribution is 2.04. The van der Waals surface area contributed by atoms with Crippen LogP contribution in [-0.4, -0.2) is 6.04 Å². The van der Waals surface area contributed by atoms with Crippen LogP contribution in [0.3, 0.4) is 0 Å². The summed E-state index contributed by atoms with van der Waals surface area (Å²) in [6.07, 6.45) is 1.19. The van der Waals surface area contributed by atoms with Crippen molar-refractivity contribution in [3.63, 3.8) is 0 Å². The highest BCUT2D eigenvalue weighted by atomic mass is 15.2. The van der Waals surface area contributed by atoms with Crippen LogP contribution in [-0.2, 0) is 0 Å². The summed E-state index contributed by atoms with van der Waals surface area (Å²) in [6.45, 7) is 6.44. The molecule has 0 fully saturated rings. The normalized spacial score (nSPS) is 18.0. The van der Waals surface area contributed by atoms with Gasteiger partial charge in [0, 0.05) is 6.04 Å². The molecule has 0 radical (unpaired) electrons. The molecule has 0 aromatic carbocycles. The molecule has 0 spiro atoms. The fourth-order valence-electron chi connectivity index (χ4n) is 0.518. The van der Waals surface area contributed by atoms with Crippen LogP contribution in [0.25, 0.3) is 0 Å². The second-order valence-corrected chi connectivity index (χ2v) is 2.34. The Kier molecular flexibility index (Phi) is 3.83. The zero-order valence-electron chi connectivity index (χ0n) is 5.94. The highest BCUT2D eigenvalue weighted by Gasteiger charge is 2.05. The van der Waals surface area contributed by atoms with Crippen LogP contribution < -0.4 is 11.3 Å². The molecular formula is C6H16N2. The molecule has 0 unspecified atom stereocenters. The van der Waals surface area contributed by atoms with Gasteiger partial charge in [0.1, 0.15) is 0 Å². The van der Waals surface area contributed by atoms with E-state index >= 15 is 0 Å². The van der Waals surface area contributed by atoms with Gasteiger partial charge in [0.25, 0.3) is 0 Å². The third-order valence-electron chi connectivity index (χ3n) is 1.76. The van der Waals surface area contributed by atoms with Crippen LogP contribution >= 0.6 is 0 Å². The van der Waals surface area contributed by atoms with Gasteiger partial charge in [-0.05, 0) is 12.8 Å². The first-order valence-corrected chi connectivity index (χ1v) is 3.18. The number of hydrogen-bond donors (Lipinski definition) is 2. The van der Waals surface area contributed by atoms with Crippen molar-refractivity contribution < 1.29 is 0 Å². The maximum Gasteiger partial charge on any atom is 0.0207 e. The number of nitrogens with one attached hydrogen (secondary N) is 1. The first kappa shape index (κ1) is 7.92. The van der Waals surface area contributed by atoms with Crippen molar-refractivity contribution in [2.24, 2.45) is 11.8 Å². The molecule has 0 aromatic rings. The Morgan fingerprint density at radius 3 is 2.12 bits per heavy atom. The van der Waals surface area contributed by atoms with Crippen molar-refractivity contribution in [2.45, 2.75) is 33.2 Å². The lowest BCUT2D eigenvalue weighted by Gasteiger charge is -2.15. The van der Waals surface area contributed by atoms with E-state index in [-0.39, 0.29) is 0 Å². The predicted octanol–water partition coefficient (Wildman–Crippen LogP) is 0.884. The molecule has 0 bridgehead atoms. The number of rotatable bonds is 3. The van der Waals surface area contributed by atoms with E-state index in [1.807, 2.05) is 0 Å². The molecule has 2 heteroatoms. The molecular weight excluding hydrogens is 100 g/mol. The molecule has 0 aliphatic rings. The van der Waals surface area contributed by atoms with Gasteiger partial charge in [-0.2, -0.15) is 0 Å². The molecule has 8 heavy (non-hydrogen) atoms. The Balaban J connectivity index is 3.29. The Labute approximate surface area is 51.4 Å². The zero-order valence-corrected chi connectivity index (χ0v) is 5.94. The van der Waals surface area contributed by atoms with E-state index < -0.39 is 0 Å². The summed E-state index contributed by atoms with van der Waals surface area (Å²) >= 11 is 0. The third kappa shape index (κ3) is 2.28. The van der Waals surface area contributed by atoms with E-state index in [0.717, 1.165) is 0 Å². The van der Waals surface area contributed by atoms with Crippen molar-refractivity contribution in [2.75, 3.05) is 0 Å². The van der Waals surface area contributed by atoms with Crippen LogP contribution in [0.2, 0.25) is 0 Å². The minimum atomic E-state index is 0.444. The molecule has 50 valence electrons. The topological polar surface area (TPSA) is 38.0 Å². The number of nitrogens with two attached hydrogens (primary N) is 1. The van der Waals surface area contributed by atoms with E-state index in [2.05, 4.69) is 26.2 Å². The summed E-state index contributed by atoms with van der Waals surface area (Å²) in [5.74, 6) is 5.88.